The standard InChI is InChI=1S/C26H30Cl2N4O4/c27-20-5-1-18(2-6-20)15-35-24-10-9-23(34-17-22(33)14-31-11-12-32-26(29)30)13-25(24)36-16-19-3-7-21(28)8-4-19/h1-10,13,22,31,33H,11-12,14-17H2,(H4,29,30,32). The van der Waals surface area contributed by atoms with Crippen molar-refractivity contribution in [1.29, 1.82) is 0 Å². The maximum absolute atomic E-state index is 10.2. The number of aliphatic hydroxyl groups is 1. The zero-order valence-electron chi connectivity index (χ0n) is 19.7. The number of halogens is 2. The molecule has 10 heteroatoms. The molecule has 192 valence electrons. The Labute approximate surface area is 220 Å². The van der Waals surface area contributed by atoms with E-state index in [0.29, 0.717) is 60.1 Å². The summed E-state index contributed by atoms with van der Waals surface area (Å²) in [5.74, 6) is 1.66. The molecule has 0 radical (unpaired) electrons. The van der Waals surface area contributed by atoms with Crippen molar-refractivity contribution in [2.75, 3.05) is 26.2 Å². The quantitative estimate of drug-likeness (QED) is 0.141. The van der Waals surface area contributed by atoms with E-state index in [4.69, 9.17) is 48.9 Å². The number of benzene rings is 3. The Bertz CT molecular complexity index is 1110. The first-order valence-electron chi connectivity index (χ1n) is 11.3. The maximum Gasteiger partial charge on any atom is 0.185 e. The van der Waals surface area contributed by atoms with Crippen molar-refractivity contribution in [3.8, 4) is 17.2 Å². The lowest BCUT2D eigenvalue weighted by atomic mass is 10.2. The van der Waals surface area contributed by atoms with E-state index in [1.165, 1.54) is 0 Å². The molecule has 3 aromatic carbocycles. The van der Waals surface area contributed by atoms with E-state index in [1.54, 1.807) is 18.2 Å². The molecule has 1 atom stereocenters. The monoisotopic (exact) mass is 532 g/mol. The molecule has 3 aromatic rings. The van der Waals surface area contributed by atoms with Crippen LogP contribution in [0.3, 0.4) is 0 Å². The molecule has 0 aliphatic rings. The van der Waals surface area contributed by atoms with Crippen molar-refractivity contribution in [2.45, 2.75) is 19.3 Å². The van der Waals surface area contributed by atoms with Crippen LogP contribution in [0.1, 0.15) is 11.1 Å². The van der Waals surface area contributed by atoms with Gasteiger partial charge in [-0.2, -0.15) is 0 Å². The van der Waals surface area contributed by atoms with Crippen LogP contribution in [0.4, 0.5) is 0 Å². The van der Waals surface area contributed by atoms with Crippen LogP contribution in [0.25, 0.3) is 0 Å². The third-order valence-electron chi connectivity index (χ3n) is 4.94. The van der Waals surface area contributed by atoms with Crippen LogP contribution in [0.15, 0.2) is 71.7 Å². The molecule has 1 unspecified atom stereocenters. The van der Waals surface area contributed by atoms with Gasteiger partial charge >= 0.3 is 0 Å². The number of ether oxygens (including phenoxy) is 3. The van der Waals surface area contributed by atoms with Crippen LogP contribution in [0.2, 0.25) is 10.0 Å². The lowest BCUT2D eigenvalue weighted by molar-refractivity contribution is 0.106. The van der Waals surface area contributed by atoms with Crippen molar-refractivity contribution in [1.82, 2.24) is 5.32 Å². The summed E-state index contributed by atoms with van der Waals surface area (Å²) in [6.45, 7) is 2.07. The normalized spacial score (nSPS) is 11.5. The average molecular weight is 533 g/mol. The van der Waals surface area contributed by atoms with E-state index in [9.17, 15) is 5.11 Å². The number of hydrogen-bond donors (Lipinski definition) is 4. The summed E-state index contributed by atoms with van der Waals surface area (Å²) in [7, 11) is 0. The third-order valence-corrected chi connectivity index (χ3v) is 5.44. The van der Waals surface area contributed by atoms with Gasteiger partial charge in [-0.3, -0.25) is 4.99 Å². The SMILES string of the molecule is NC(N)=NCCNCC(O)COc1ccc(OCc2ccc(Cl)cc2)c(OCc2ccc(Cl)cc2)c1. The summed E-state index contributed by atoms with van der Waals surface area (Å²) < 4.78 is 17.8. The molecule has 6 N–H and O–H groups in total. The van der Waals surface area contributed by atoms with Gasteiger partial charge in [0.1, 0.15) is 31.7 Å². The van der Waals surface area contributed by atoms with Gasteiger partial charge in [0.25, 0.3) is 0 Å². The van der Waals surface area contributed by atoms with Gasteiger partial charge in [-0.15, -0.1) is 0 Å². The Morgan fingerprint density at radius 1 is 0.833 bits per heavy atom. The number of nitrogens with one attached hydrogen (secondary N) is 1. The highest BCUT2D eigenvalue weighted by molar-refractivity contribution is 6.30. The summed E-state index contributed by atoms with van der Waals surface area (Å²) in [6, 6.07) is 20.1. The lowest BCUT2D eigenvalue weighted by Crippen LogP contribution is -2.33. The Kier molecular flexibility index (Phi) is 11.0. The topological polar surface area (TPSA) is 124 Å². The molecule has 8 nitrogen and oxygen atoms in total. The molecule has 0 amide bonds. The molecule has 0 fully saturated rings. The predicted molar refractivity (Wildman–Crippen MR) is 143 cm³/mol. The van der Waals surface area contributed by atoms with Gasteiger partial charge in [0.05, 0.1) is 6.54 Å². The average Bonchev–Trinajstić information content (AvgIpc) is 2.87. The number of nitrogens with two attached hydrogens (primary N) is 2. The van der Waals surface area contributed by atoms with E-state index >= 15 is 0 Å². The first kappa shape index (κ1) is 27.4. The number of rotatable bonds is 14. The van der Waals surface area contributed by atoms with Crippen LogP contribution in [-0.4, -0.2) is 43.4 Å². The van der Waals surface area contributed by atoms with Crippen LogP contribution in [0, 0.1) is 0 Å². The van der Waals surface area contributed by atoms with Crippen LogP contribution in [-0.2, 0) is 13.2 Å². The minimum Gasteiger partial charge on any atom is -0.491 e. The summed E-state index contributed by atoms with van der Waals surface area (Å²) in [4.78, 5) is 3.87. The summed E-state index contributed by atoms with van der Waals surface area (Å²) in [5, 5.41) is 14.6. The fraction of sp³-hybridized carbons (Fsp3) is 0.269. The van der Waals surface area contributed by atoms with Gasteiger partial charge in [0.15, 0.2) is 17.5 Å². The number of aliphatic imine (C=N–C) groups is 1. The van der Waals surface area contributed by atoms with Crippen molar-refractivity contribution in [3.05, 3.63) is 87.9 Å². The molecule has 0 bridgehead atoms. The summed E-state index contributed by atoms with van der Waals surface area (Å²) in [5.41, 5.74) is 12.5. The molecular weight excluding hydrogens is 503 g/mol. The van der Waals surface area contributed by atoms with Crippen LogP contribution in [0.5, 0.6) is 17.2 Å². The Morgan fingerprint density at radius 3 is 2.00 bits per heavy atom. The number of nitrogens with zero attached hydrogens (tertiary/aromatic N) is 1. The van der Waals surface area contributed by atoms with Crippen molar-refractivity contribution in [3.63, 3.8) is 0 Å². The van der Waals surface area contributed by atoms with Crippen molar-refractivity contribution < 1.29 is 19.3 Å². The molecule has 0 saturated heterocycles. The highest BCUT2D eigenvalue weighted by Gasteiger charge is 2.11. The smallest absolute Gasteiger partial charge is 0.185 e. The highest BCUT2D eigenvalue weighted by Crippen LogP contribution is 2.33. The van der Waals surface area contributed by atoms with Gasteiger partial charge in [-0.1, -0.05) is 47.5 Å². The molecule has 0 saturated carbocycles. The summed E-state index contributed by atoms with van der Waals surface area (Å²) >= 11 is 11.9. The molecule has 0 heterocycles. The van der Waals surface area contributed by atoms with Crippen LogP contribution >= 0.6 is 23.2 Å². The Morgan fingerprint density at radius 2 is 1.42 bits per heavy atom. The first-order valence-corrected chi connectivity index (χ1v) is 12.1. The minimum absolute atomic E-state index is 0.0374. The van der Waals surface area contributed by atoms with Gasteiger partial charge in [-0.05, 0) is 47.5 Å². The molecule has 0 aliphatic heterocycles. The third kappa shape index (κ3) is 9.83. The maximum atomic E-state index is 10.2. The fourth-order valence-electron chi connectivity index (χ4n) is 3.08. The van der Waals surface area contributed by atoms with Gasteiger partial charge in [-0.25, -0.2) is 0 Å². The van der Waals surface area contributed by atoms with Gasteiger partial charge in [0.2, 0.25) is 0 Å². The van der Waals surface area contributed by atoms with Gasteiger partial charge < -0.3 is 36.1 Å². The zero-order valence-corrected chi connectivity index (χ0v) is 21.2. The highest BCUT2D eigenvalue weighted by atomic mass is 35.5. The number of guanidine groups is 1. The van der Waals surface area contributed by atoms with Crippen molar-refractivity contribution in [2.24, 2.45) is 16.5 Å². The van der Waals surface area contributed by atoms with E-state index in [0.717, 1.165) is 11.1 Å². The second-order valence-corrected chi connectivity index (χ2v) is 8.79. The molecule has 36 heavy (non-hydrogen) atoms. The Hall–Kier alpha value is -3.17. The molecule has 0 aliphatic carbocycles. The van der Waals surface area contributed by atoms with E-state index < -0.39 is 6.10 Å². The fourth-order valence-corrected chi connectivity index (χ4v) is 3.33. The molecule has 0 spiro atoms. The second kappa shape index (κ2) is 14.4. The summed E-state index contributed by atoms with van der Waals surface area (Å²) in [6.07, 6.45) is -0.719. The van der Waals surface area contributed by atoms with E-state index in [2.05, 4.69) is 10.3 Å². The van der Waals surface area contributed by atoms with Crippen LogP contribution < -0.4 is 31.0 Å². The predicted octanol–water partition coefficient (Wildman–Crippen LogP) is 3.75. The minimum atomic E-state index is -0.719. The molecular formula is C26H30Cl2N4O4. The zero-order chi connectivity index (χ0) is 25.8. The molecule has 3 rings (SSSR count). The number of aliphatic hydroxyl groups excluding tert-OH is 1. The molecule has 0 aromatic heterocycles. The second-order valence-electron chi connectivity index (χ2n) is 7.91. The van der Waals surface area contributed by atoms with Gasteiger partial charge in [0, 0.05) is 29.2 Å². The first-order chi connectivity index (χ1) is 17.4. The number of hydrogen-bond acceptors (Lipinski definition) is 6. The van der Waals surface area contributed by atoms with E-state index in [-0.39, 0.29) is 12.6 Å². The van der Waals surface area contributed by atoms with E-state index in [1.807, 2.05) is 48.5 Å². The Balaban J connectivity index is 1.60. The largest absolute Gasteiger partial charge is 0.491 e. The van der Waals surface area contributed by atoms with Crippen molar-refractivity contribution >= 4 is 29.2 Å². The lowest BCUT2D eigenvalue weighted by Gasteiger charge is -2.16.